The first-order valence-corrected chi connectivity index (χ1v) is 9.91. The Morgan fingerprint density at radius 3 is 2.84 bits per heavy atom. The lowest BCUT2D eigenvalue weighted by Crippen LogP contribution is -2.35. The molecule has 2 aromatic heterocycles. The Kier molecular flexibility index (Phi) is 4.58. The summed E-state index contributed by atoms with van der Waals surface area (Å²) in [6.07, 6.45) is 1.12. The number of nitrogens with zero attached hydrogens (tertiary/aromatic N) is 4. The zero-order valence-corrected chi connectivity index (χ0v) is 16.2. The first-order chi connectivity index (χ1) is 12.1. The van der Waals surface area contributed by atoms with Crippen LogP contribution in [0.4, 0.5) is 0 Å². The standard InChI is InChI=1S/C19H22N4S2/c1-14-17-9-11-25-18(17)8-10-21(14)13-23-19(24)22(15(2)20-23)12-16-6-4-3-5-7-16/h3-7,9,11,14H,8,10,12-13H2,1-2H3/t14-/m0/s1. The van der Waals surface area contributed by atoms with Gasteiger partial charge in [-0.15, -0.1) is 11.3 Å². The van der Waals surface area contributed by atoms with E-state index in [1.54, 1.807) is 0 Å². The van der Waals surface area contributed by atoms with Gasteiger partial charge in [-0.3, -0.25) is 9.47 Å². The molecule has 0 N–H and O–H groups in total. The van der Waals surface area contributed by atoms with Gasteiger partial charge in [-0.1, -0.05) is 30.3 Å². The van der Waals surface area contributed by atoms with E-state index < -0.39 is 0 Å². The lowest BCUT2D eigenvalue weighted by atomic mass is 10.0. The van der Waals surface area contributed by atoms with Crippen molar-refractivity contribution in [2.24, 2.45) is 0 Å². The second-order valence-corrected chi connectivity index (χ2v) is 7.95. The zero-order chi connectivity index (χ0) is 17.4. The van der Waals surface area contributed by atoms with Crippen molar-refractivity contribution < 1.29 is 0 Å². The highest BCUT2D eigenvalue weighted by molar-refractivity contribution is 7.71. The third-order valence-corrected chi connectivity index (χ3v) is 6.44. The number of aryl methyl sites for hydroxylation is 1. The molecule has 0 radical (unpaired) electrons. The Morgan fingerprint density at radius 1 is 1.24 bits per heavy atom. The van der Waals surface area contributed by atoms with Gasteiger partial charge in [-0.05, 0) is 55.1 Å². The lowest BCUT2D eigenvalue weighted by molar-refractivity contribution is 0.144. The fourth-order valence-corrected chi connectivity index (χ4v) is 4.77. The number of benzene rings is 1. The largest absolute Gasteiger partial charge is 0.300 e. The van der Waals surface area contributed by atoms with Gasteiger partial charge < -0.3 is 0 Å². The van der Waals surface area contributed by atoms with Gasteiger partial charge in [-0.2, -0.15) is 5.10 Å². The van der Waals surface area contributed by atoms with Crippen LogP contribution in [-0.4, -0.2) is 25.8 Å². The minimum atomic E-state index is 0.413. The highest BCUT2D eigenvalue weighted by atomic mass is 32.1. The molecule has 1 aliphatic heterocycles. The first kappa shape index (κ1) is 16.7. The maximum Gasteiger partial charge on any atom is 0.199 e. The maximum atomic E-state index is 5.72. The predicted molar refractivity (Wildman–Crippen MR) is 104 cm³/mol. The van der Waals surface area contributed by atoms with Gasteiger partial charge in [-0.25, -0.2) is 4.68 Å². The summed E-state index contributed by atoms with van der Waals surface area (Å²) < 4.78 is 4.89. The van der Waals surface area contributed by atoms with Crippen LogP contribution >= 0.6 is 23.6 Å². The molecular formula is C19H22N4S2. The Balaban J connectivity index is 1.56. The average Bonchev–Trinajstić information content (AvgIpc) is 3.19. The smallest absolute Gasteiger partial charge is 0.199 e. The number of rotatable bonds is 4. The first-order valence-electron chi connectivity index (χ1n) is 8.62. The molecule has 0 saturated carbocycles. The summed E-state index contributed by atoms with van der Waals surface area (Å²) in [5.41, 5.74) is 2.71. The van der Waals surface area contributed by atoms with Gasteiger partial charge in [0.2, 0.25) is 0 Å². The summed E-state index contributed by atoms with van der Waals surface area (Å²) in [6.45, 7) is 6.89. The molecule has 3 aromatic rings. The molecule has 4 rings (SSSR count). The third-order valence-electron chi connectivity index (χ3n) is 5.01. The SMILES string of the molecule is Cc1nn(CN2CCc3sccc3[C@@H]2C)c(=S)n1Cc1ccccc1. The monoisotopic (exact) mass is 370 g/mol. The molecule has 0 spiro atoms. The van der Waals surface area contributed by atoms with E-state index in [1.165, 1.54) is 16.0 Å². The second-order valence-electron chi connectivity index (χ2n) is 6.58. The van der Waals surface area contributed by atoms with Crippen LogP contribution in [0.1, 0.15) is 34.8 Å². The van der Waals surface area contributed by atoms with E-state index in [2.05, 4.69) is 52.1 Å². The number of fused-ring (bicyclic) bond motifs is 1. The topological polar surface area (TPSA) is 26.0 Å². The van der Waals surface area contributed by atoms with Crippen LogP contribution in [0.15, 0.2) is 41.8 Å². The van der Waals surface area contributed by atoms with Crippen LogP contribution in [-0.2, 0) is 19.6 Å². The molecule has 1 atom stereocenters. The fourth-order valence-electron chi connectivity index (χ4n) is 3.52. The minimum Gasteiger partial charge on any atom is -0.300 e. The van der Waals surface area contributed by atoms with E-state index >= 15 is 0 Å². The number of hydrogen-bond acceptors (Lipinski definition) is 4. The highest BCUT2D eigenvalue weighted by Gasteiger charge is 2.25. The summed E-state index contributed by atoms with van der Waals surface area (Å²) in [6, 6.07) is 13.1. The van der Waals surface area contributed by atoms with Gasteiger partial charge in [0.25, 0.3) is 0 Å². The van der Waals surface area contributed by atoms with Crippen molar-refractivity contribution in [1.82, 2.24) is 19.2 Å². The number of hydrogen-bond donors (Lipinski definition) is 0. The molecule has 0 unspecified atom stereocenters. The van der Waals surface area contributed by atoms with Gasteiger partial charge in [0.05, 0.1) is 13.2 Å². The fraction of sp³-hybridized carbons (Fsp3) is 0.368. The van der Waals surface area contributed by atoms with E-state index in [1.807, 2.05) is 29.0 Å². The number of thiophene rings is 1. The van der Waals surface area contributed by atoms with E-state index in [9.17, 15) is 0 Å². The molecule has 0 amide bonds. The second kappa shape index (κ2) is 6.86. The van der Waals surface area contributed by atoms with Crippen LogP contribution in [0.3, 0.4) is 0 Å². The molecule has 0 aliphatic carbocycles. The normalized spacial score (nSPS) is 17.6. The van der Waals surface area contributed by atoms with Crippen molar-refractivity contribution in [3.8, 4) is 0 Å². The van der Waals surface area contributed by atoms with Crippen LogP contribution in [0.2, 0.25) is 0 Å². The molecule has 4 nitrogen and oxygen atoms in total. The van der Waals surface area contributed by atoms with Crippen LogP contribution in [0.5, 0.6) is 0 Å². The number of aromatic nitrogens is 3. The quantitative estimate of drug-likeness (QED) is 0.636. The summed E-state index contributed by atoms with van der Waals surface area (Å²) in [4.78, 5) is 3.99. The molecule has 1 aromatic carbocycles. The van der Waals surface area contributed by atoms with E-state index in [4.69, 9.17) is 17.3 Å². The summed E-state index contributed by atoms with van der Waals surface area (Å²) in [7, 11) is 0. The zero-order valence-electron chi connectivity index (χ0n) is 14.6. The molecule has 25 heavy (non-hydrogen) atoms. The Bertz CT molecular complexity index is 923. The van der Waals surface area contributed by atoms with E-state index in [-0.39, 0.29) is 0 Å². The van der Waals surface area contributed by atoms with Gasteiger partial charge in [0.15, 0.2) is 4.77 Å². The van der Waals surface area contributed by atoms with Crippen molar-refractivity contribution in [3.05, 3.63) is 68.4 Å². The molecule has 1 aliphatic rings. The van der Waals surface area contributed by atoms with Crippen LogP contribution in [0.25, 0.3) is 0 Å². The summed E-state index contributed by atoms with van der Waals surface area (Å²) >= 11 is 7.59. The average molecular weight is 371 g/mol. The summed E-state index contributed by atoms with van der Waals surface area (Å²) in [5.74, 6) is 0.967. The van der Waals surface area contributed by atoms with Gasteiger partial charge in [0.1, 0.15) is 5.82 Å². The Labute approximate surface area is 157 Å². The highest BCUT2D eigenvalue weighted by Crippen LogP contribution is 2.32. The third kappa shape index (κ3) is 3.21. The Hall–Kier alpha value is -1.76. The maximum absolute atomic E-state index is 5.72. The molecule has 3 heterocycles. The molecule has 0 bridgehead atoms. The van der Waals surface area contributed by atoms with Crippen LogP contribution < -0.4 is 0 Å². The van der Waals surface area contributed by atoms with E-state index in [0.717, 1.165) is 36.8 Å². The van der Waals surface area contributed by atoms with Crippen LogP contribution in [0, 0.1) is 11.7 Å². The minimum absolute atomic E-state index is 0.413. The van der Waals surface area contributed by atoms with Crippen molar-refractivity contribution in [2.45, 2.75) is 39.5 Å². The molecule has 6 heteroatoms. The molecular weight excluding hydrogens is 348 g/mol. The predicted octanol–water partition coefficient (Wildman–Crippen LogP) is 4.41. The molecule has 0 fully saturated rings. The Morgan fingerprint density at radius 2 is 2.04 bits per heavy atom. The van der Waals surface area contributed by atoms with Gasteiger partial charge in [0, 0.05) is 17.5 Å². The van der Waals surface area contributed by atoms with Gasteiger partial charge >= 0.3 is 0 Å². The van der Waals surface area contributed by atoms with Crippen molar-refractivity contribution in [1.29, 1.82) is 0 Å². The molecule has 0 saturated heterocycles. The van der Waals surface area contributed by atoms with Crippen molar-refractivity contribution in [3.63, 3.8) is 0 Å². The summed E-state index contributed by atoms with van der Waals surface area (Å²) in [5, 5.41) is 6.92. The lowest BCUT2D eigenvalue weighted by Gasteiger charge is -2.33. The molecule has 130 valence electrons. The van der Waals surface area contributed by atoms with Crippen molar-refractivity contribution >= 4 is 23.6 Å². The van der Waals surface area contributed by atoms with E-state index in [0.29, 0.717) is 6.04 Å². The van der Waals surface area contributed by atoms with Crippen molar-refractivity contribution in [2.75, 3.05) is 6.54 Å².